The Labute approximate surface area is 180 Å². The lowest BCUT2D eigenvalue weighted by atomic mass is 9.82. The van der Waals surface area contributed by atoms with Crippen LogP contribution in [-0.2, 0) is 5.41 Å². The van der Waals surface area contributed by atoms with Crippen LogP contribution in [0.2, 0.25) is 0 Å². The van der Waals surface area contributed by atoms with Gasteiger partial charge in [-0.25, -0.2) is 0 Å². The first-order chi connectivity index (χ1) is 14.1. The van der Waals surface area contributed by atoms with E-state index in [-0.39, 0.29) is 5.41 Å². The molecule has 0 unspecified atom stereocenters. The van der Waals surface area contributed by atoms with Crippen LogP contribution in [0.5, 0.6) is 0 Å². The Balaban J connectivity index is 1.72. The van der Waals surface area contributed by atoms with Crippen LogP contribution in [-0.4, -0.2) is 0 Å². The summed E-state index contributed by atoms with van der Waals surface area (Å²) < 4.78 is 1.08. The van der Waals surface area contributed by atoms with Gasteiger partial charge in [-0.2, -0.15) is 0 Å². The third-order valence-corrected chi connectivity index (χ3v) is 6.60. The third-order valence-electron chi connectivity index (χ3n) is 5.93. The van der Waals surface area contributed by atoms with E-state index in [0.717, 1.165) is 15.8 Å². The fraction of sp³-hybridized carbons (Fsp3) is 0.111. The standard InChI is InChI=1S/C27H22BrN/c1-27(2)23-13-7-6-12-21(23)22-17-16-20(18-24(22)27)29(19-10-4-3-5-11-19)26-15-9-8-14-25(26)28/h3-18H,1-2H3. The predicted octanol–water partition coefficient (Wildman–Crippen LogP) is 8.23. The van der Waals surface area contributed by atoms with Crippen LogP contribution < -0.4 is 4.90 Å². The average molecular weight is 440 g/mol. The highest BCUT2D eigenvalue weighted by Crippen LogP contribution is 2.50. The Kier molecular flexibility index (Phi) is 4.33. The second-order valence-electron chi connectivity index (χ2n) is 8.02. The van der Waals surface area contributed by atoms with Crippen molar-refractivity contribution in [1.82, 2.24) is 0 Å². The molecular weight excluding hydrogens is 418 g/mol. The molecule has 0 amide bonds. The van der Waals surface area contributed by atoms with E-state index < -0.39 is 0 Å². The highest BCUT2D eigenvalue weighted by Gasteiger charge is 2.35. The molecule has 0 spiro atoms. The molecule has 5 rings (SSSR count). The van der Waals surface area contributed by atoms with Gasteiger partial charge >= 0.3 is 0 Å². The fourth-order valence-corrected chi connectivity index (χ4v) is 4.93. The first kappa shape index (κ1) is 18.2. The summed E-state index contributed by atoms with van der Waals surface area (Å²) in [5.74, 6) is 0. The molecule has 0 saturated carbocycles. The van der Waals surface area contributed by atoms with E-state index >= 15 is 0 Å². The molecule has 1 aliphatic rings. The summed E-state index contributed by atoms with van der Waals surface area (Å²) in [7, 11) is 0. The minimum Gasteiger partial charge on any atom is -0.309 e. The van der Waals surface area contributed by atoms with Gasteiger partial charge in [-0.1, -0.05) is 74.5 Å². The molecule has 4 aromatic rings. The quantitative estimate of drug-likeness (QED) is 0.310. The van der Waals surface area contributed by atoms with Crippen LogP contribution in [0.1, 0.15) is 25.0 Å². The molecule has 29 heavy (non-hydrogen) atoms. The van der Waals surface area contributed by atoms with Crippen molar-refractivity contribution in [3.05, 3.63) is 113 Å². The van der Waals surface area contributed by atoms with Gasteiger partial charge in [-0.05, 0) is 74.6 Å². The van der Waals surface area contributed by atoms with Crippen molar-refractivity contribution in [3.8, 4) is 11.1 Å². The summed E-state index contributed by atoms with van der Waals surface area (Å²) in [4.78, 5) is 2.32. The number of halogens is 1. The molecular formula is C27H22BrN. The number of rotatable bonds is 3. The minimum absolute atomic E-state index is 0.0157. The molecule has 0 aliphatic heterocycles. The Morgan fingerprint density at radius 3 is 2.07 bits per heavy atom. The van der Waals surface area contributed by atoms with Crippen molar-refractivity contribution in [2.24, 2.45) is 0 Å². The van der Waals surface area contributed by atoms with Crippen molar-refractivity contribution in [1.29, 1.82) is 0 Å². The average Bonchev–Trinajstić information content (AvgIpc) is 2.98. The second-order valence-corrected chi connectivity index (χ2v) is 8.88. The highest BCUT2D eigenvalue weighted by molar-refractivity contribution is 9.10. The molecule has 0 bridgehead atoms. The van der Waals surface area contributed by atoms with Crippen molar-refractivity contribution in [2.45, 2.75) is 19.3 Å². The van der Waals surface area contributed by atoms with Crippen LogP contribution in [0.15, 0.2) is 102 Å². The molecule has 0 atom stereocenters. The molecule has 142 valence electrons. The van der Waals surface area contributed by atoms with Crippen molar-refractivity contribution >= 4 is 33.0 Å². The van der Waals surface area contributed by atoms with Crippen LogP contribution in [0.25, 0.3) is 11.1 Å². The summed E-state index contributed by atoms with van der Waals surface area (Å²) in [5.41, 5.74) is 8.91. The van der Waals surface area contributed by atoms with Gasteiger partial charge in [0.1, 0.15) is 0 Å². The zero-order valence-corrected chi connectivity index (χ0v) is 18.1. The SMILES string of the molecule is CC1(C)c2ccccc2-c2ccc(N(c3ccccc3)c3ccccc3Br)cc21. The van der Waals surface area contributed by atoms with Gasteiger partial charge in [0.2, 0.25) is 0 Å². The normalized spacial score (nSPS) is 13.6. The lowest BCUT2D eigenvalue weighted by Crippen LogP contribution is -2.16. The number of fused-ring (bicyclic) bond motifs is 3. The fourth-order valence-electron chi connectivity index (χ4n) is 4.47. The molecule has 0 N–H and O–H groups in total. The van der Waals surface area contributed by atoms with Crippen LogP contribution in [0.4, 0.5) is 17.1 Å². The van der Waals surface area contributed by atoms with Gasteiger partial charge in [-0.15, -0.1) is 0 Å². The van der Waals surface area contributed by atoms with E-state index in [4.69, 9.17) is 0 Å². The smallest absolute Gasteiger partial charge is 0.0603 e. The first-order valence-corrected chi connectivity index (χ1v) is 10.7. The van der Waals surface area contributed by atoms with Crippen LogP contribution in [0.3, 0.4) is 0 Å². The van der Waals surface area contributed by atoms with Gasteiger partial charge in [0.25, 0.3) is 0 Å². The van der Waals surface area contributed by atoms with Crippen molar-refractivity contribution in [3.63, 3.8) is 0 Å². The molecule has 2 heteroatoms. The number of hydrogen-bond donors (Lipinski definition) is 0. The largest absolute Gasteiger partial charge is 0.309 e. The zero-order valence-electron chi connectivity index (χ0n) is 16.6. The van der Waals surface area contributed by atoms with E-state index in [1.54, 1.807) is 0 Å². The van der Waals surface area contributed by atoms with Crippen LogP contribution in [0, 0.1) is 0 Å². The molecule has 0 saturated heterocycles. The lowest BCUT2D eigenvalue weighted by molar-refractivity contribution is 0.660. The molecule has 4 aromatic carbocycles. The Morgan fingerprint density at radius 1 is 0.621 bits per heavy atom. The monoisotopic (exact) mass is 439 g/mol. The van der Waals surface area contributed by atoms with Gasteiger partial charge in [0.05, 0.1) is 5.69 Å². The maximum absolute atomic E-state index is 3.76. The topological polar surface area (TPSA) is 3.24 Å². The molecule has 1 aliphatic carbocycles. The first-order valence-electron chi connectivity index (χ1n) is 9.91. The van der Waals surface area contributed by atoms with Gasteiger partial charge in [0.15, 0.2) is 0 Å². The number of anilines is 3. The molecule has 0 radical (unpaired) electrons. The number of hydrogen-bond acceptors (Lipinski definition) is 1. The highest BCUT2D eigenvalue weighted by atomic mass is 79.9. The van der Waals surface area contributed by atoms with E-state index in [1.165, 1.54) is 27.9 Å². The Hall–Kier alpha value is -2.84. The van der Waals surface area contributed by atoms with Crippen molar-refractivity contribution in [2.75, 3.05) is 4.90 Å². The van der Waals surface area contributed by atoms with Gasteiger partial charge in [-0.3, -0.25) is 0 Å². The summed E-state index contributed by atoms with van der Waals surface area (Å²) in [6.45, 7) is 4.65. The summed E-state index contributed by atoms with van der Waals surface area (Å²) in [6, 6.07) is 34.6. The molecule has 0 fully saturated rings. The van der Waals surface area contributed by atoms with Crippen molar-refractivity contribution < 1.29 is 0 Å². The maximum atomic E-state index is 3.76. The Bertz CT molecular complexity index is 1190. The second kappa shape index (κ2) is 6.89. The van der Waals surface area contributed by atoms with Gasteiger partial charge < -0.3 is 4.90 Å². The van der Waals surface area contributed by atoms with E-state index in [1.807, 2.05) is 0 Å². The summed E-state index contributed by atoms with van der Waals surface area (Å²) in [6.07, 6.45) is 0. The number of nitrogens with zero attached hydrogens (tertiary/aromatic N) is 1. The zero-order chi connectivity index (χ0) is 20.0. The maximum Gasteiger partial charge on any atom is 0.0603 e. The lowest BCUT2D eigenvalue weighted by Gasteiger charge is -2.28. The molecule has 0 aromatic heterocycles. The minimum atomic E-state index is -0.0157. The van der Waals surface area contributed by atoms with E-state index in [0.29, 0.717) is 0 Å². The number of benzene rings is 4. The summed E-state index contributed by atoms with van der Waals surface area (Å²) >= 11 is 3.76. The molecule has 1 nitrogen and oxygen atoms in total. The van der Waals surface area contributed by atoms with Crippen LogP contribution >= 0.6 is 15.9 Å². The Morgan fingerprint density at radius 2 is 1.28 bits per heavy atom. The summed E-state index contributed by atoms with van der Waals surface area (Å²) in [5, 5.41) is 0. The molecule has 0 heterocycles. The van der Waals surface area contributed by atoms with E-state index in [2.05, 4.69) is 132 Å². The third kappa shape index (κ3) is 2.90. The predicted molar refractivity (Wildman–Crippen MR) is 126 cm³/mol. The van der Waals surface area contributed by atoms with E-state index in [9.17, 15) is 0 Å². The van der Waals surface area contributed by atoms with Gasteiger partial charge in [0, 0.05) is 21.3 Å². The number of para-hydroxylation sites is 2.